The van der Waals surface area contributed by atoms with Gasteiger partial charge >= 0.3 is 0 Å². The predicted molar refractivity (Wildman–Crippen MR) is 61.4 cm³/mol. The van der Waals surface area contributed by atoms with Gasteiger partial charge in [-0.05, 0) is 23.1 Å². The molecule has 0 aliphatic heterocycles. The van der Waals surface area contributed by atoms with Crippen molar-refractivity contribution in [3.63, 3.8) is 0 Å². The highest BCUT2D eigenvalue weighted by Crippen LogP contribution is 2.24. The molecule has 14 heavy (non-hydrogen) atoms. The lowest BCUT2D eigenvalue weighted by atomic mass is 9.92. The Morgan fingerprint density at radius 2 is 2.21 bits per heavy atom. The third kappa shape index (κ3) is 2.05. The average Bonchev–Trinajstić information content (AvgIpc) is 2.26. The highest BCUT2D eigenvalue weighted by molar-refractivity contribution is 5.57. The maximum absolute atomic E-state index is 9.14. The van der Waals surface area contributed by atoms with Gasteiger partial charge in [0.2, 0.25) is 0 Å². The van der Waals surface area contributed by atoms with Gasteiger partial charge in [0.25, 0.3) is 0 Å². The maximum Gasteiger partial charge on any atom is 0.0497 e. The summed E-state index contributed by atoms with van der Waals surface area (Å²) in [7, 11) is 0. The van der Waals surface area contributed by atoms with Crippen molar-refractivity contribution in [2.45, 2.75) is 26.2 Å². The van der Waals surface area contributed by atoms with Crippen LogP contribution in [0.25, 0.3) is 6.08 Å². The van der Waals surface area contributed by atoms with Gasteiger partial charge in [-0.2, -0.15) is 0 Å². The maximum atomic E-state index is 9.14. The van der Waals surface area contributed by atoms with Gasteiger partial charge in [0.15, 0.2) is 0 Å². The Balaban J connectivity index is 3.21. The molecular weight excluding hydrogens is 172 g/mol. The summed E-state index contributed by atoms with van der Waals surface area (Å²) in [5, 5.41) is 9.14. The predicted octanol–water partition coefficient (Wildman–Crippen LogP) is 2.99. The fourth-order valence-electron chi connectivity index (χ4n) is 1.72. The van der Waals surface area contributed by atoms with Crippen molar-refractivity contribution < 1.29 is 5.11 Å². The first-order chi connectivity index (χ1) is 6.74. The fraction of sp³-hybridized carbons (Fsp3) is 0.385. The molecule has 1 unspecified atom stereocenters. The van der Waals surface area contributed by atoms with Gasteiger partial charge in [-0.1, -0.05) is 44.7 Å². The van der Waals surface area contributed by atoms with Crippen molar-refractivity contribution in [1.82, 2.24) is 0 Å². The van der Waals surface area contributed by atoms with Crippen molar-refractivity contribution in [2.75, 3.05) is 6.61 Å². The van der Waals surface area contributed by atoms with Gasteiger partial charge < -0.3 is 5.11 Å². The lowest BCUT2D eigenvalue weighted by molar-refractivity contribution is 0.273. The SMILES string of the molecule is C=Cc1c(CC)cccc1C(C)CO. The molecule has 0 amide bonds. The zero-order chi connectivity index (χ0) is 10.6. The molecule has 0 aromatic heterocycles. The van der Waals surface area contributed by atoms with E-state index < -0.39 is 0 Å². The number of aryl methyl sites for hydroxylation is 1. The summed E-state index contributed by atoms with van der Waals surface area (Å²) >= 11 is 0. The molecule has 0 aliphatic rings. The van der Waals surface area contributed by atoms with Gasteiger partial charge in [-0.25, -0.2) is 0 Å². The van der Waals surface area contributed by atoms with Gasteiger partial charge in [-0.3, -0.25) is 0 Å². The number of rotatable bonds is 4. The molecule has 0 fully saturated rings. The summed E-state index contributed by atoms with van der Waals surface area (Å²) < 4.78 is 0. The first kappa shape index (κ1) is 11.0. The summed E-state index contributed by atoms with van der Waals surface area (Å²) in [5.41, 5.74) is 3.69. The van der Waals surface area contributed by atoms with Crippen LogP contribution in [0.4, 0.5) is 0 Å². The molecule has 0 saturated carbocycles. The number of aliphatic hydroxyl groups is 1. The minimum absolute atomic E-state index is 0.188. The molecule has 0 bridgehead atoms. The summed E-state index contributed by atoms with van der Waals surface area (Å²) in [4.78, 5) is 0. The second-order valence-corrected chi connectivity index (χ2v) is 3.56. The smallest absolute Gasteiger partial charge is 0.0497 e. The quantitative estimate of drug-likeness (QED) is 0.773. The molecule has 0 aliphatic carbocycles. The van der Waals surface area contributed by atoms with Crippen LogP contribution < -0.4 is 0 Å². The van der Waals surface area contributed by atoms with E-state index in [1.165, 1.54) is 16.7 Å². The van der Waals surface area contributed by atoms with E-state index in [4.69, 9.17) is 5.11 Å². The monoisotopic (exact) mass is 190 g/mol. The van der Waals surface area contributed by atoms with Crippen LogP contribution in [0, 0.1) is 0 Å². The van der Waals surface area contributed by atoms with Gasteiger partial charge in [0, 0.05) is 12.5 Å². The third-order valence-corrected chi connectivity index (χ3v) is 2.62. The Morgan fingerprint density at radius 3 is 2.71 bits per heavy atom. The minimum Gasteiger partial charge on any atom is -0.396 e. The highest BCUT2D eigenvalue weighted by Gasteiger charge is 2.09. The number of benzene rings is 1. The van der Waals surface area contributed by atoms with Gasteiger partial charge in [0.05, 0.1) is 0 Å². The molecule has 1 heteroatoms. The molecule has 0 heterocycles. The summed E-state index contributed by atoms with van der Waals surface area (Å²) in [6.45, 7) is 8.19. The molecule has 0 saturated heterocycles. The van der Waals surface area contributed by atoms with E-state index >= 15 is 0 Å². The normalized spacial score (nSPS) is 12.5. The summed E-state index contributed by atoms with van der Waals surface area (Å²) in [5.74, 6) is 0.189. The van der Waals surface area contributed by atoms with Gasteiger partial charge in [-0.15, -0.1) is 0 Å². The van der Waals surface area contributed by atoms with Gasteiger partial charge in [0.1, 0.15) is 0 Å². The minimum atomic E-state index is 0.188. The van der Waals surface area contributed by atoms with Crippen LogP contribution >= 0.6 is 0 Å². The molecule has 1 aromatic carbocycles. The second kappa shape index (κ2) is 4.97. The fourth-order valence-corrected chi connectivity index (χ4v) is 1.72. The Hall–Kier alpha value is -1.08. The van der Waals surface area contributed by atoms with E-state index in [0.29, 0.717) is 0 Å². The van der Waals surface area contributed by atoms with Crippen molar-refractivity contribution in [3.8, 4) is 0 Å². The van der Waals surface area contributed by atoms with E-state index in [-0.39, 0.29) is 12.5 Å². The topological polar surface area (TPSA) is 20.2 Å². The third-order valence-electron chi connectivity index (χ3n) is 2.62. The molecule has 0 spiro atoms. The molecule has 1 aromatic rings. The lowest BCUT2D eigenvalue weighted by Crippen LogP contribution is -2.03. The molecule has 1 N–H and O–H groups in total. The second-order valence-electron chi connectivity index (χ2n) is 3.56. The van der Waals surface area contributed by atoms with Crippen LogP contribution in [0.5, 0.6) is 0 Å². The van der Waals surface area contributed by atoms with Crippen LogP contribution in [-0.4, -0.2) is 11.7 Å². The first-order valence-corrected chi connectivity index (χ1v) is 5.09. The van der Waals surface area contributed by atoms with Crippen molar-refractivity contribution in [3.05, 3.63) is 41.5 Å². The lowest BCUT2D eigenvalue weighted by Gasteiger charge is -2.14. The Morgan fingerprint density at radius 1 is 1.50 bits per heavy atom. The number of aliphatic hydroxyl groups excluding tert-OH is 1. The first-order valence-electron chi connectivity index (χ1n) is 5.09. The van der Waals surface area contributed by atoms with Crippen LogP contribution in [0.1, 0.15) is 36.5 Å². The van der Waals surface area contributed by atoms with Crippen LogP contribution in [0.15, 0.2) is 24.8 Å². The van der Waals surface area contributed by atoms with E-state index in [1.54, 1.807) is 0 Å². The molecule has 76 valence electrons. The number of hydrogen-bond acceptors (Lipinski definition) is 1. The average molecular weight is 190 g/mol. The van der Waals surface area contributed by atoms with E-state index in [1.807, 2.05) is 19.1 Å². The summed E-state index contributed by atoms with van der Waals surface area (Å²) in [6.07, 6.45) is 2.90. The number of hydrogen-bond donors (Lipinski definition) is 1. The summed E-state index contributed by atoms with van der Waals surface area (Å²) in [6, 6.07) is 6.23. The van der Waals surface area contributed by atoms with E-state index in [9.17, 15) is 0 Å². The molecular formula is C13H18O. The van der Waals surface area contributed by atoms with Crippen LogP contribution in [-0.2, 0) is 6.42 Å². The molecule has 0 radical (unpaired) electrons. The van der Waals surface area contributed by atoms with Crippen molar-refractivity contribution >= 4 is 6.08 Å². The van der Waals surface area contributed by atoms with Crippen LogP contribution in [0.3, 0.4) is 0 Å². The van der Waals surface area contributed by atoms with E-state index in [0.717, 1.165) is 6.42 Å². The highest BCUT2D eigenvalue weighted by atomic mass is 16.3. The molecule has 1 rings (SSSR count). The molecule has 1 nitrogen and oxygen atoms in total. The van der Waals surface area contributed by atoms with E-state index in [2.05, 4.69) is 25.6 Å². The van der Waals surface area contributed by atoms with Crippen molar-refractivity contribution in [2.24, 2.45) is 0 Å². The van der Waals surface area contributed by atoms with Crippen molar-refractivity contribution in [1.29, 1.82) is 0 Å². The largest absolute Gasteiger partial charge is 0.396 e. The standard InChI is InChI=1S/C13H18O/c1-4-11-7-6-8-13(10(3)9-14)12(11)5-2/h5-8,10,14H,2,4,9H2,1,3H3. The zero-order valence-corrected chi connectivity index (χ0v) is 8.96. The Kier molecular flexibility index (Phi) is 3.90. The Labute approximate surface area is 86.1 Å². The molecule has 1 atom stereocenters. The zero-order valence-electron chi connectivity index (χ0n) is 8.96. The Bertz CT molecular complexity index is 315. The van der Waals surface area contributed by atoms with Crippen LogP contribution in [0.2, 0.25) is 0 Å².